The maximum atomic E-state index is 13.0. The van der Waals surface area contributed by atoms with Crippen LogP contribution in [0.1, 0.15) is 62.8 Å². The Morgan fingerprint density at radius 2 is 2.03 bits per heavy atom. The zero-order valence-electron chi connectivity index (χ0n) is 17.3. The molecule has 2 N–H and O–H groups in total. The Balaban J connectivity index is 1.52. The number of aliphatic hydroxyl groups is 1. The van der Waals surface area contributed by atoms with Crippen LogP contribution in [0.4, 0.5) is 0 Å². The number of thiophene rings is 1. The number of benzene rings is 1. The van der Waals surface area contributed by atoms with Crippen molar-refractivity contribution in [1.29, 1.82) is 0 Å². The number of amides is 1. The summed E-state index contributed by atoms with van der Waals surface area (Å²) < 4.78 is 13.2. The van der Waals surface area contributed by atoms with E-state index in [4.69, 9.17) is 14.6 Å². The summed E-state index contributed by atoms with van der Waals surface area (Å²) in [5.74, 6) is 0.319. The second-order valence-electron chi connectivity index (χ2n) is 8.22. The van der Waals surface area contributed by atoms with Crippen molar-refractivity contribution in [3.8, 4) is 0 Å². The summed E-state index contributed by atoms with van der Waals surface area (Å²) in [6.45, 7) is 0.674. The van der Waals surface area contributed by atoms with E-state index >= 15 is 0 Å². The number of fused-ring (bicyclic) bond motifs is 1. The van der Waals surface area contributed by atoms with Crippen LogP contribution >= 0.6 is 11.3 Å². The Labute approximate surface area is 182 Å². The highest BCUT2D eigenvalue weighted by Crippen LogP contribution is 2.38. The van der Waals surface area contributed by atoms with Crippen LogP contribution in [-0.4, -0.2) is 36.6 Å². The predicted molar refractivity (Wildman–Crippen MR) is 119 cm³/mol. The number of ether oxygens (including phenoxy) is 2. The van der Waals surface area contributed by atoms with Crippen LogP contribution in [0.25, 0.3) is 10.1 Å². The van der Waals surface area contributed by atoms with E-state index < -0.39 is 6.29 Å². The Kier molecular flexibility index (Phi) is 7.42. The molecule has 0 bridgehead atoms. The fourth-order valence-corrected chi connectivity index (χ4v) is 5.38. The average Bonchev–Trinajstić information content (AvgIpc) is 3.21. The summed E-state index contributed by atoms with van der Waals surface area (Å²) in [7, 11) is 0. The van der Waals surface area contributed by atoms with Crippen molar-refractivity contribution in [2.24, 2.45) is 0 Å². The molecule has 2 aromatic rings. The van der Waals surface area contributed by atoms with Gasteiger partial charge in [-0.3, -0.25) is 4.79 Å². The van der Waals surface area contributed by atoms with Gasteiger partial charge in [-0.1, -0.05) is 37.5 Å². The van der Waals surface area contributed by atoms with Crippen molar-refractivity contribution >= 4 is 27.3 Å². The molecule has 6 heteroatoms. The fraction of sp³-hybridized carbons (Fsp3) is 0.542. The Morgan fingerprint density at radius 3 is 2.87 bits per heavy atom. The summed E-state index contributed by atoms with van der Waals surface area (Å²) in [4.78, 5) is 13.0. The topological polar surface area (TPSA) is 67.8 Å². The highest BCUT2D eigenvalue weighted by atomic mass is 32.1. The minimum Gasteiger partial charge on any atom is -0.459 e. The molecule has 1 fully saturated rings. The number of hydrogen-bond acceptors (Lipinski definition) is 5. The van der Waals surface area contributed by atoms with E-state index in [1.54, 1.807) is 11.3 Å². The van der Waals surface area contributed by atoms with Gasteiger partial charge in [-0.2, -0.15) is 0 Å². The van der Waals surface area contributed by atoms with Gasteiger partial charge in [-0.25, -0.2) is 0 Å². The van der Waals surface area contributed by atoms with Crippen LogP contribution in [0.15, 0.2) is 41.5 Å². The minimum atomic E-state index is -0.454. The standard InChI is InChI=1S/C24H31NO4S/c26-12-6-7-13-28-23-15-17(20-16-30-22-11-5-4-10-19(20)22)14-21(29-23)24(27)25-18-8-2-1-3-9-18/h4-5,10-11,14,16-18,23,26H,1-3,6-9,12-13,15H2,(H,25,27)/t17-,23+/m0/s1. The minimum absolute atomic E-state index is 0.0739. The van der Waals surface area contributed by atoms with Gasteiger partial charge >= 0.3 is 0 Å². The van der Waals surface area contributed by atoms with Crippen molar-refractivity contribution < 1.29 is 19.4 Å². The summed E-state index contributed by atoms with van der Waals surface area (Å²) in [6, 6.07) is 8.62. The van der Waals surface area contributed by atoms with E-state index in [-0.39, 0.29) is 24.5 Å². The predicted octanol–water partition coefficient (Wildman–Crippen LogP) is 4.85. The van der Waals surface area contributed by atoms with Crippen LogP contribution in [0, 0.1) is 0 Å². The molecule has 1 aromatic heterocycles. The first-order chi connectivity index (χ1) is 14.7. The molecule has 2 heterocycles. The smallest absolute Gasteiger partial charge is 0.286 e. The first kappa shape index (κ1) is 21.3. The molecule has 0 unspecified atom stereocenters. The van der Waals surface area contributed by atoms with Gasteiger partial charge in [0.05, 0.1) is 6.61 Å². The Morgan fingerprint density at radius 1 is 1.20 bits per heavy atom. The second-order valence-corrected chi connectivity index (χ2v) is 9.13. The third kappa shape index (κ3) is 5.23. The molecule has 1 saturated carbocycles. The van der Waals surface area contributed by atoms with Crippen molar-refractivity contribution in [3.05, 3.63) is 47.0 Å². The van der Waals surface area contributed by atoms with E-state index in [2.05, 4.69) is 35.0 Å². The molecule has 5 nitrogen and oxygen atoms in total. The number of unbranched alkanes of at least 4 members (excludes halogenated alkanes) is 1. The van der Waals surface area contributed by atoms with E-state index in [9.17, 15) is 4.79 Å². The first-order valence-corrected chi connectivity index (χ1v) is 12.0. The van der Waals surface area contributed by atoms with E-state index in [0.717, 1.165) is 19.3 Å². The largest absolute Gasteiger partial charge is 0.459 e. The number of allylic oxidation sites excluding steroid dienone is 1. The molecule has 1 aromatic carbocycles. The van der Waals surface area contributed by atoms with Gasteiger partial charge in [0.15, 0.2) is 5.76 Å². The number of nitrogens with one attached hydrogen (secondary N) is 1. The number of aliphatic hydroxyl groups excluding tert-OH is 1. The van der Waals surface area contributed by atoms with E-state index in [1.807, 2.05) is 6.08 Å². The number of carbonyl (C=O) groups excluding carboxylic acids is 1. The number of hydrogen-bond donors (Lipinski definition) is 2. The van der Waals surface area contributed by atoms with Crippen LogP contribution in [0.2, 0.25) is 0 Å². The van der Waals surface area contributed by atoms with Crippen molar-refractivity contribution in [3.63, 3.8) is 0 Å². The van der Waals surface area contributed by atoms with Gasteiger partial charge in [0.25, 0.3) is 5.91 Å². The molecule has 2 atom stereocenters. The van der Waals surface area contributed by atoms with Crippen LogP contribution in [-0.2, 0) is 14.3 Å². The SMILES string of the molecule is O=C(NC1CCCCC1)C1=C[C@H](c2csc3ccccc23)C[C@H](OCCCCO)O1. The molecule has 162 valence electrons. The highest BCUT2D eigenvalue weighted by Gasteiger charge is 2.31. The lowest BCUT2D eigenvalue weighted by atomic mass is 9.92. The molecular formula is C24H31NO4S. The van der Waals surface area contributed by atoms with Gasteiger partial charge in [0, 0.05) is 29.7 Å². The summed E-state index contributed by atoms with van der Waals surface area (Å²) in [5, 5.41) is 15.6. The van der Waals surface area contributed by atoms with Crippen LogP contribution in [0.5, 0.6) is 0 Å². The molecule has 1 aliphatic carbocycles. The zero-order valence-corrected chi connectivity index (χ0v) is 18.2. The van der Waals surface area contributed by atoms with E-state index in [0.29, 0.717) is 25.2 Å². The lowest BCUT2D eigenvalue weighted by Crippen LogP contribution is -2.39. The van der Waals surface area contributed by atoms with Gasteiger partial charge in [-0.05, 0) is 54.2 Å². The maximum Gasteiger partial charge on any atom is 0.286 e. The zero-order chi connectivity index (χ0) is 20.8. The van der Waals surface area contributed by atoms with Gasteiger partial charge in [0.2, 0.25) is 6.29 Å². The van der Waals surface area contributed by atoms with Gasteiger partial charge in [-0.15, -0.1) is 11.3 Å². The van der Waals surface area contributed by atoms with Crippen molar-refractivity contribution in [2.75, 3.05) is 13.2 Å². The lowest BCUT2D eigenvalue weighted by molar-refractivity contribution is -0.147. The average molecular weight is 430 g/mol. The fourth-order valence-electron chi connectivity index (χ4n) is 4.35. The van der Waals surface area contributed by atoms with Gasteiger partial charge in [0.1, 0.15) is 0 Å². The molecular weight excluding hydrogens is 398 g/mol. The molecule has 0 spiro atoms. The number of carbonyl (C=O) groups is 1. The van der Waals surface area contributed by atoms with Crippen LogP contribution < -0.4 is 5.32 Å². The second kappa shape index (κ2) is 10.4. The molecule has 1 aliphatic heterocycles. The Bertz CT molecular complexity index is 871. The molecule has 1 amide bonds. The number of rotatable bonds is 8. The first-order valence-electron chi connectivity index (χ1n) is 11.1. The molecule has 0 saturated heterocycles. The molecule has 4 rings (SSSR count). The molecule has 0 radical (unpaired) electrons. The monoisotopic (exact) mass is 429 g/mol. The third-order valence-electron chi connectivity index (χ3n) is 5.99. The lowest BCUT2D eigenvalue weighted by Gasteiger charge is -2.30. The highest BCUT2D eigenvalue weighted by molar-refractivity contribution is 7.17. The van der Waals surface area contributed by atoms with Crippen molar-refractivity contribution in [2.45, 2.75) is 69.6 Å². The quantitative estimate of drug-likeness (QED) is 0.589. The van der Waals surface area contributed by atoms with Crippen molar-refractivity contribution in [1.82, 2.24) is 5.32 Å². The maximum absolute atomic E-state index is 13.0. The van der Waals surface area contributed by atoms with Gasteiger partial charge < -0.3 is 19.9 Å². The summed E-state index contributed by atoms with van der Waals surface area (Å²) in [6.07, 6.45) is 9.35. The normalized spacial score (nSPS) is 22.5. The Hall–Kier alpha value is -1.89. The third-order valence-corrected chi connectivity index (χ3v) is 6.97. The molecule has 2 aliphatic rings. The summed E-state index contributed by atoms with van der Waals surface area (Å²) >= 11 is 1.73. The molecule has 30 heavy (non-hydrogen) atoms. The van der Waals surface area contributed by atoms with Crippen LogP contribution in [0.3, 0.4) is 0 Å². The van der Waals surface area contributed by atoms with E-state index in [1.165, 1.54) is 34.9 Å². The summed E-state index contributed by atoms with van der Waals surface area (Å²) in [5.41, 5.74) is 1.23.